The third kappa shape index (κ3) is 5.10. The average Bonchev–Trinajstić information content (AvgIpc) is 2.28. The molecule has 0 unspecified atom stereocenters. The highest BCUT2D eigenvalue weighted by Gasteiger charge is 2.17. The lowest BCUT2D eigenvalue weighted by Crippen LogP contribution is -2.23. The van der Waals surface area contributed by atoms with Crippen LogP contribution in [0, 0.1) is 0 Å². The molecule has 2 heteroatoms. The van der Waals surface area contributed by atoms with Gasteiger partial charge in [-0.2, -0.15) is 0 Å². The summed E-state index contributed by atoms with van der Waals surface area (Å²) in [6.07, 6.45) is 5.68. The Labute approximate surface area is 97.2 Å². The molecule has 0 saturated heterocycles. The van der Waals surface area contributed by atoms with Crippen molar-refractivity contribution in [3.8, 4) is 0 Å². The van der Waals surface area contributed by atoms with E-state index >= 15 is 0 Å². The van der Waals surface area contributed by atoms with Gasteiger partial charge in [0, 0.05) is 0 Å². The van der Waals surface area contributed by atoms with E-state index in [4.69, 9.17) is 5.11 Å². The van der Waals surface area contributed by atoms with Crippen molar-refractivity contribution in [2.75, 3.05) is 6.61 Å². The van der Waals surface area contributed by atoms with Crippen LogP contribution in [0.5, 0.6) is 0 Å². The first kappa shape index (κ1) is 12.9. The first-order valence-electron chi connectivity index (χ1n) is 5.66. The molecule has 0 aromatic heterocycles. The molecule has 0 fully saturated rings. The van der Waals surface area contributed by atoms with Crippen LogP contribution in [-0.2, 0) is 6.42 Å². The summed E-state index contributed by atoms with van der Waals surface area (Å²) >= 11 is 0. The van der Waals surface area contributed by atoms with E-state index in [-0.39, 0.29) is 6.61 Å². The molecule has 2 nitrogen and oxygen atoms in total. The Morgan fingerprint density at radius 1 is 1.19 bits per heavy atom. The van der Waals surface area contributed by atoms with Crippen LogP contribution in [-0.4, -0.2) is 22.4 Å². The summed E-state index contributed by atoms with van der Waals surface area (Å²) in [5.74, 6) is 0. The Bertz CT molecular complexity index is 315. The molecule has 1 atom stereocenters. The second kappa shape index (κ2) is 6.46. The fraction of sp³-hybridized carbons (Fsp3) is 0.429. The molecule has 88 valence electrons. The van der Waals surface area contributed by atoms with E-state index in [9.17, 15) is 5.11 Å². The first-order chi connectivity index (χ1) is 7.64. The molecular formula is C14H20O2. The average molecular weight is 220 g/mol. The fourth-order valence-corrected chi connectivity index (χ4v) is 1.57. The Morgan fingerprint density at radius 3 is 2.50 bits per heavy atom. The van der Waals surface area contributed by atoms with Crippen LogP contribution in [0.3, 0.4) is 0 Å². The van der Waals surface area contributed by atoms with Crippen molar-refractivity contribution in [2.24, 2.45) is 0 Å². The van der Waals surface area contributed by atoms with E-state index in [0.29, 0.717) is 6.42 Å². The minimum absolute atomic E-state index is 0.0365. The van der Waals surface area contributed by atoms with E-state index in [2.05, 4.69) is 12.1 Å². The van der Waals surface area contributed by atoms with Crippen molar-refractivity contribution in [1.82, 2.24) is 0 Å². The van der Waals surface area contributed by atoms with Gasteiger partial charge in [0.2, 0.25) is 0 Å². The lowest BCUT2D eigenvalue weighted by Gasteiger charge is -2.21. The van der Waals surface area contributed by atoms with Crippen molar-refractivity contribution >= 4 is 0 Å². The topological polar surface area (TPSA) is 40.5 Å². The van der Waals surface area contributed by atoms with E-state index in [0.717, 1.165) is 12.8 Å². The minimum Gasteiger partial charge on any atom is -0.392 e. The van der Waals surface area contributed by atoms with Crippen molar-refractivity contribution in [1.29, 1.82) is 0 Å². The molecule has 2 N–H and O–H groups in total. The zero-order valence-corrected chi connectivity index (χ0v) is 9.76. The van der Waals surface area contributed by atoms with Gasteiger partial charge in [0.25, 0.3) is 0 Å². The standard InChI is InChI=1S/C14H20O2/c1-14(16,10-5-6-12-15)11-9-13-7-3-2-4-8-13/h2-8,15-16H,9-12H2,1H3/b6-5+/t14-/m0/s1. The summed E-state index contributed by atoms with van der Waals surface area (Å²) in [6, 6.07) is 10.1. The van der Waals surface area contributed by atoms with Gasteiger partial charge in [0.05, 0.1) is 12.2 Å². The van der Waals surface area contributed by atoms with Crippen molar-refractivity contribution in [2.45, 2.75) is 31.8 Å². The van der Waals surface area contributed by atoms with E-state index < -0.39 is 5.60 Å². The maximum Gasteiger partial charge on any atom is 0.0657 e. The number of aliphatic hydroxyl groups excluding tert-OH is 1. The summed E-state index contributed by atoms with van der Waals surface area (Å²) in [6.45, 7) is 1.87. The lowest BCUT2D eigenvalue weighted by atomic mass is 9.93. The molecule has 0 aliphatic carbocycles. The Balaban J connectivity index is 2.38. The second-order valence-corrected chi connectivity index (χ2v) is 4.34. The predicted octanol–water partition coefficient (Wildman–Crippen LogP) is 2.31. The molecule has 0 radical (unpaired) electrons. The van der Waals surface area contributed by atoms with Crippen LogP contribution in [0.25, 0.3) is 0 Å². The Morgan fingerprint density at radius 2 is 1.88 bits per heavy atom. The lowest BCUT2D eigenvalue weighted by molar-refractivity contribution is 0.0542. The molecule has 0 aliphatic rings. The van der Waals surface area contributed by atoms with Gasteiger partial charge in [-0.1, -0.05) is 42.5 Å². The van der Waals surface area contributed by atoms with Gasteiger partial charge in [-0.25, -0.2) is 0 Å². The van der Waals surface area contributed by atoms with Crippen LogP contribution in [0.15, 0.2) is 42.5 Å². The Kier molecular flexibility index (Phi) is 5.23. The smallest absolute Gasteiger partial charge is 0.0657 e. The highest BCUT2D eigenvalue weighted by Crippen LogP contribution is 2.18. The van der Waals surface area contributed by atoms with E-state index in [1.165, 1.54) is 5.56 Å². The highest BCUT2D eigenvalue weighted by molar-refractivity contribution is 5.15. The van der Waals surface area contributed by atoms with Gasteiger partial charge in [-0.15, -0.1) is 0 Å². The van der Waals surface area contributed by atoms with Crippen molar-refractivity contribution in [3.63, 3.8) is 0 Å². The molecule has 0 aliphatic heterocycles. The molecule has 1 rings (SSSR count). The monoisotopic (exact) mass is 220 g/mol. The Hall–Kier alpha value is -1.12. The van der Waals surface area contributed by atoms with Crippen LogP contribution >= 0.6 is 0 Å². The second-order valence-electron chi connectivity index (χ2n) is 4.34. The van der Waals surface area contributed by atoms with Crippen LogP contribution < -0.4 is 0 Å². The molecular weight excluding hydrogens is 200 g/mol. The number of aliphatic hydroxyl groups is 2. The van der Waals surface area contributed by atoms with E-state index in [1.54, 1.807) is 6.08 Å². The molecule has 1 aromatic carbocycles. The van der Waals surface area contributed by atoms with Crippen molar-refractivity contribution < 1.29 is 10.2 Å². The minimum atomic E-state index is -0.693. The molecule has 0 saturated carbocycles. The SMILES string of the molecule is C[C@](O)(C/C=C/CO)CCc1ccccc1. The van der Waals surface area contributed by atoms with Crippen molar-refractivity contribution in [3.05, 3.63) is 48.0 Å². The van der Waals surface area contributed by atoms with Gasteiger partial charge in [-0.05, 0) is 31.7 Å². The fourth-order valence-electron chi connectivity index (χ4n) is 1.57. The molecule has 1 aromatic rings. The molecule has 0 spiro atoms. The summed E-state index contributed by atoms with van der Waals surface area (Å²) in [5.41, 5.74) is 0.551. The zero-order chi connectivity index (χ0) is 11.9. The quantitative estimate of drug-likeness (QED) is 0.722. The molecule has 0 bridgehead atoms. The summed E-state index contributed by atoms with van der Waals surface area (Å²) in [4.78, 5) is 0. The van der Waals surface area contributed by atoms with E-state index in [1.807, 2.05) is 31.2 Å². The van der Waals surface area contributed by atoms with Gasteiger partial charge in [0.15, 0.2) is 0 Å². The number of hydrogen-bond donors (Lipinski definition) is 2. The summed E-state index contributed by atoms with van der Waals surface area (Å²) in [5, 5.41) is 18.7. The first-order valence-corrected chi connectivity index (χ1v) is 5.66. The van der Waals surface area contributed by atoms with Gasteiger partial charge >= 0.3 is 0 Å². The van der Waals surface area contributed by atoms with Gasteiger partial charge < -0.3 is 10.2 Å². The van der Waals surface area contributed by atoms with Crippen LogP contribution in [0.1, 0.15) is 25.3 Å². The predicted molar refractivity (Wildman–Crippen MR) is 66.2 cm³/mol. The largest absolute Gasteiger partial charge is 0.392 e. The maximum atomic E-state index is 10.1. The summed E-state index contributed by atoms with van der Waals surface area (Å²) in [7, 11) is 0. The molecule has 0 amide bonds. The maximum absolute atomic E-state index is 10.1. The normalized spacial score (nSPS) is 15.2. The van der Waals surface area contributed by atoms with Gasteiger partial charge in [-0.3, -0.25) is 0 Å². The number of aryl methyl sites for hydroxylation is 1. The molecule has 0 heterocycles. The zero-order valence-electron chi connectivity index (χ0n) is 9.76. The van der Waals surface area contributed by atoms with Crippen LogP contribution in [0.2, 0.25) is 0 Å². The van der Waals surface area contributed by atoms with Crippen LogP contribution in [0.4, 0.5) is 0 Å². The number of rotatable bonds is 6. The molecule has 16 heavy (non-hydrogen) atoms. The number of benzene rings is 1. The third-order valence-electron chi connectivity index (χ3n) is 2.62. The third-order valence-corrected chi connectivity index (χ3v) is 2.62. The summed E-state index contributed by atoms with van der Waals surface area (Å²) < 4.78 is 0. The van der Waals surface area contributed by atoms with Gasteiger partial charge in [0.1, 0.15) is 0 Å². The highest BCUT2D eigenvalue weighted by atomic mass is 16.3. The number of hydrogen-bond acceptors (Lipinski definition) is 2.